The number of nitrogens with zero attached hydrogens (tertiary/aromatic N) is 3. The first kappa shape index (κ1) is 29.5. The fourth-order valence-corrected chi connectivity index (χ4v) is 5.35. The van der Waals surface area contributed by atoms with Crippen LogP contribution in [0.3, 0.4) is 0 Å². The van der Waals surface area contributed by atoms with E-state index in [1.807, 2.05) is 43.3 Å². The summed E-state index contributed by atoms with van der Waals surface area (Å²) in [4.78, 5) is 37.5. The summed E-state index contributed by atoms with van der Waals surface area (Å²) in [6, 6.07) is 19.5. The number of rotatable bonds is 8. The highest BCUT2D eigenvalue weighted by atomic mass is 32.1. The molecule has 0 amide bonds. The van der Waals surface area contributed by atoms with Crippen LogP contribution >= 0.6 is 11.5 Å². The standard InChI is InChI=1S/C31H24F3N3O5S/c1-18-11-13-21(42-24(29(39)40)10-6-9-19-7-4-3-5-8-19)16-22(18)28-23-15-20(12-14-25(23)43-35-28)37-27(38)17-26(31(32,33)34)36(2)30(37)41/h3-9,11-17,24H,10H2,1-2H3,(H,39,40). The van der Waals surface area contributed by atoms with Crippen LogP contribution in [0, 0.1) is 6.92 Å². The zero-order valence-corrected chi connectivity index (χ0v) is 23.6. The minimum Gasteiger partial charge on any atom is -0.478 e. The number of fused-ring (bicyclic) bond motifs is 1. The minimum atomic E-state index is -4.87. The van der Waals surface area contributed by atoms with Gasteiger partial charge in [0.2, 0.25) is 0 Å². The molecular weight excluding hydrogens is 583 g/mol. The van der Waals surface area contributed by atoms with Gasteiger partial charge >= 0.3 is 17.8 Å². The van der Waals surface area contributed by atoms with E-state index in [0.29, 0.717) is 42.3 Å². The first-order chi connectivity index (χ1) is 20.4. The van der Waals surface area contributed by atoms with Gasteiger partial charge in [-0.2, -0.15) is 17.5 Å². The average Bonchev–Trinajstić information content (AvgIpc) is 3.38. The third-order valence-electron chi connectivity index (χ3n) is 6.80. The van der Waals surface area contributed by atoms with Crippen molar-refractivity contribution in [2.75, 3.05) is 0 Å². The molecule has 0 aliphatic carbocycles. The minimum absolute atomic E-state index is 0.0782. The molecule has 3 aromatic carbocycles. The molecule has 0 fully saturated rings. The normalized spacial score (nSPS) is 12.6. The van der Waals surface area contributed by atoms with Crippen LogP contribution in [0.1, 0.15) is 23.2 Å². The van der Waals surface area contributed by atoms with Crippen molar-refractivity contribution in [3.05, 3.63) is 117 Å². The van der Waals surface area contributed by atoms with Crippen LogP contribution in [0.4, 0.5) is 13.2 Å². The highest BCUT2D eigenvalue weighted by Crippen LogP contribution is 2.36. The number of aromatic nitrogens is 3. The Hall–Kier alpha value is -4.97. The molecule has 0 saturated heterocycles. The molecule has 2 heterocycles. The molecule has 0 aliphatic rings. The first-order valence-electron chi connectivity index (χ1n) is 13.0. The number of carboxylic acid groups (broad SMARTS) is 1. The van der Waals surface area contributed by atoms with Crippen molar-refractivity contribution in [1.82, 2.24) is 13.5 Å². The van der Waals surface area contributed by atoms with E-state index in [0.717, 1.165) is 29.7 Å². The predicted octanol–water partition coefficient (Wildman–Crippen LogP) is 6.08. The second kappa shape index (κ2) is 11.7. The molecule has 220 valence electrons. The zero-order chi connectivity index (χ0) is 30.9. The third kappa shape index (κ3) is 6.14. The van der Waals surface area contributed by atoms with Gasteiger partial charge in [-0.3, -0.25) is 9.36 Å². The van der Waals surface area contributed by atoms with Crippen LogP contribution in [0.5, 0.6) is 5.75 Å². The highest BCUT2D eigenvalue weighted by Gasteiger charge is 2.35. The lowest BCUT2D eigenvalue weighted by Gasteiger charge is -2.15. The van der Waals surface area contributed by atoms with Crippen LogP contribution in [-0.2, 0) is 18.0 Å². The van der Waals surface area contributed by atoms with Crippen molar-refractivity contribution in [2.45, 2.75) is 25.6 Å². The second-order valence-electron chi connectivity index (χ2n) is 9.72. The number of carboxylic acids is 1. The molecule has 1 N–H and O–H groups in total. The van der Waals surface area contributed by atoms with E-state index in [-0.39, 0.29) is 12.1 Å². The van der Waals surface area contributed by atoms with Gasteiger partial charge in [0.15, 0.2) is 6.10 Å². The second-order valence-corrected chi connectivity index (χ2v) is 10.5. The van der Waals surface area contributed by atoms with Gasteiger partial charge in [-0.15, -0.1) is 0 Å². The summed E-state index contributed by atoms with van der Waals surface area (Å²) >= 11 is 1.16. The number of hydrogen-bond donors (Lipinski definition) is 1. The van der Waals surface area contributed by atoms with Crippen LogP contribution in [-0.4, -0.2) is 30.7 Å². The summed E-state index contributed by atoms with van der Waals surface area (Å²) in [7, 11) is 0.952. The van der Waals surface area contributed by atoms with Crippen molar-refractivity contribution in [1.29, 1.82) is 0 Å². The topological polar surface area (TPSA) is 103 Å². The largest absolute Gasteiger partial charge is 0.478 e. The Morgan fingerprint density at radius 1 is 1.07 bits per heavy atom. The smallest absolute Gasteiger partial charge is 0.431 e. The number of carbonyl (C=O) groups is 1. The van der Waals surface area contributed by atoms with E-state index in [4.69, 9.17) is 4.74 Å². The van der Waals surface area contributed by atoms with Crippen molar-refractivity contribution < 1.29 is 27.8 Å². The van der Waals surface area contributed by atoms with E-state index in [1.165, 1.54) is 12.1 Å². The molecule has 5 rings (SSSR count). The number of ether oxygens (including phenoxy) is 1. The van der Waals surface area contributed by atoms with Crippen molar-refractivity contribution in [3.8, 4) is 22.7 Å². The van der Waals surface area contributed by atoms with Crippen LogP contribution in [0.2, 0.25) is 0 Å². The first-order valence-corrected chi connectivity index (χ1v) is 13.7. The number of benzene rings is 3. The van der Waals surface area contributed by atoms with Gasteiger partial charge in [-0.05, 0) is 59.9 Å². The summed E-state index contributed by atoms with van der Waals surface area (Å²) in [5, 5.41) is 10.3. The van der Waals surface area contributed by atoms with Gasteiger partial charge < -0.3 is 9.84 Å². The number of alkyl halides is 3. The molecule has 1 unspecified atom stereocenters. The molecule has 0 saturated carbocycles. The zero-order valence-electron chi connectivity index (χ0n) is 22.8. The average molecular weight is 608 g/mol. The molecule has 8 nitrogen and oxygen atoms in total. The Labute approximate surface area is 246 Å². The van der Waals surface area contributed by atoms with Crippen LogP contribution in [0.25, 0.3) is 33.1 Å². The van der Waals surface area contributed by atoms with Gasteiger partial charge in [0, 0.05) is 30.5 Å². The lowest BCUT2D eigenvalue weighted by Crippen LogP contribution is -2.40. The van der Waals surface area contributed by atoms with E-state index >= 15 is 0 Å². The van der Waals surface area contributed by atoms with E-state index in [2.05, 4.69) is 4.37 Å². The monoisotopic (exact) mass is 607 g/mol. The summed E-state index contributed by atoms with van der Waals surface area (Å²) < 4.78 is 52.1. The molecule has 0 spiro atoms. The molecule has 0 bridgehead atoms. The van der Waals surface area contributed by atoms with Crippen molar-refractivity contribution >= 4 is 33.7 Å². The van der Waals surface area contributed by atoms with Crippen LogP contribution < -0.4 is 16.0 Å². The quantitative estimate of drug-likeness (QED) is 0.230. The SMILES string of the molecule is Cc1ccc(OC(CC=Cc2ccccc2)C(=O)O)cc1-c1nsc2ccc(-n3c(=O)cc(C(F)(F)F)n(C)c3=O)cc12. The van der Waals surface area contributed by atoms with E-state index in [1.54, 1.807) is 30.3 Å². The Kier molecular flexibility index (Phi) is 8.05. The van der Waals surface area contributed by atoms with Crippen molar-refractivity contribution in [3.63, 3.8) is 0 Å². The molecule has 12 heteroatoms. The summed E-state index contributed by atoms with van der Waals surface area (Å²) in [6.45, 7) is 1.83. The van der Waals surface area contributed by atoms with Gasteiger partial charge in [-0.1, -0.05) is 48.6 Å². The molecule has 43 heavy (non-hydrogen) atoms. The summed E-state index contributed by atoms with van der Waals surface area (Å²) in [5.74, 6) is -0.835. The maximum absolute atomic E-state index is 13.3. The summed E-state index contributed by atoms with van der Waals surface area (Å²) in [5.41, 5.74) is -0.702. The maximum Gasteiger partial charge on any atom is 0.431 e. The Bertz CT molecular complexity index is 1980. The maximum atomic E-state index is 13.3. The molecule has 1 atom stereocenters. The molecule has 2 aromatic heterocycles. The fraction of sp³-hybridized carbons (Fsp3) is 0.161. The number of halogens is 3. The predicted molar refractivity (Wildman–Crippen MR) is 158 cm³/mol. The van der Waals surface area contributed by atoms with Crippen molar-refractivity contribution in [2.24, 2.45) is 7.05 Å². The number of hydrogen-bond acceptors (Lipinski definition) is 6. The molecule has 0 radical (unpaired) electrons. The molecule has 0 aliphatic heterocycles. The highest BCUT2D eigenvalue weighted by molar-refractivity contribution is 7.13. The van der Waals surface area contributed by atoms with Crippen LogP contribution in [0.15, 0.2) is 88.5 Å². The number of aliphatic carboxylic acids is 1. The molecule has 5 aromatic rings. The van der Waals surface area contributed by atoms with Gasteiger partial charge in [0.25, 0.3) is 5.56 Å². The lowest BCUT2D eigenvalue weighted by atomic mass is 10.0. The Morgan fingerprint density at radius 2 is 1.81 bits per heavy atom. The van der Waals surface area contributed by atoms with E-state index in [9.17, 15) is 32.7 Å². The van der Waals surface area contributed by atoms with E-state index < -0.39 is 35.2 Å². The van der Waals surface area contributed by atoms with Gasteiger partial charge in [-0.25, -0.2) is 14.2 Å². The Balaban J connectivity index is 1.50. The van der Waals surface area contributed by atoms with Gasteiger partial charge in [0.1, 0.15) is 11.4 Å². The Morgan fingerprint density at radius 3 is 2.51 bits per heavy atom. The lowest BCUT2D eigenvalue weighted by molar-refractivity contribution is -0.145. The summed E-state index contributed by atoms with van der Waals surface area (Å²) in [6.07, 6.45) is -2.37. The van der Waals surface area contributed by atoms with Gasteiger partial charge in [0.05, 0.1) is 16.1 Å². The third-order valence-corrected chi connectivity index (χ3v) is 7.63. The fourth-order valence-electron chi connectivity index (χ4n) is 4.58. The molecular formula is C31H24F3N3O5S. The number of aryl methyl sites for hydroxylation is 1.